The van der Waals surface area contributed by atoms with Crippen LogP contribution in [0, 0.1) is 11.8 Å². The van der Waals surface area contributed by atoms with Crippen molar-refractivity contribution in [2.45, 2.75) is 12.8 Å². The van der Waals surface area contributed by atoms with Crippen molar-refractivity contribution in [2.75, 3.05) is 25.0 Å². The molecular formula is C15H17N3OS. The first-order chi connectivity index (χ1) is 9.81. The fraction of sp³-hybridized carbons (Fsp3) is 0.467. The third-order valence-electron chi connectivity index (χ3n) is 4.61. The van der Waals surface area contributed by atoms with Crippen molar-refractivity contribution in [3.8, 4) is 0 Å². The SMILES string of the molecule is O=C(Nc1cccc2ncsc12)[C@H]1CN2CCC1CC2. The molecule has 1 aromatic heterocycles. The highest BCUT2D eigenvalue weighted by atomic mass is 32.1. The van der Waals surface area contributed by atoms with E-state index >= 15 is 0 Å². The largest absolute Gasteiger partial charge is 0.324 e. The second kappa shape index (κ2) is 4.82. The topological polar surface area (TPSA) is 45.2 Å². The van der Waals surface area contributed by atoms with E-state index in [1.165, 1.54) is 25.9 Å². The molecule has 0 unspecified atom stereocenters. The highest BCUT2D eigenvalue weighted by molar-refractivity contribution is 7.17. The molecule has 0 radical (unpaired) electrons. The van der Waals surface area contributed by atoms with Gasteiger partial charge in [-0.2, -0.15) is 0 Å². The zero-order valence-corrected chi connectivity index (χ0v) is 12.0. The molecule has 2 bridgehead atoms. The van der Waals surface area contributed by atoms with Gasteiger partial charge in [-0.3, -0.25) is 4.79 Å². The summed E-state index contributed by atoms with van der Waals surface area (Å²) in [6.45, 7) is 3.26. The number of hydrogen-bond donors (Lipinski definition) is 1. The van der Waals surface area contributed by atoms with E-state index in [9.17, 15) is 4.79 Å². The number of piperidine rings is 3. The van der Waals surface area contributed by atoms with Gasteiger partial charge in [0.25, 0.3) is 0 Å². The summed E-state index contributed by atoms with van der Waals surface area (Å²) in [4.78, 5) is 19.3. The van der Waals surface area contributed by atoms with E-state index in [1.807, 2.05) is 23.7 Å². The number of carbonyl (C=O) groups excluding carboxylic acids is 1. The van der Waals surface area contributed by atoms with Crippen LogP contribution >= 0.6 is 11.3 Å². The van der Waals surface area contributed by atoms with Gasteiger partial charge in [0.2, 0.25) is 5.91 Å². The number of aromatic nitrogens is 1. The maximum absolute atomic E-state index is 12.6. The molecule has 0 saturated carbocycles. The molecule has 1 N–H and O–H groups in total. The monoisotopic (exact) mass is 287 g/mol. The molecule has 3 aliphatic rings. The Morgan fingerprint density at radius 3 is 2.95 bits per heavy atom. The highest BCUT2D eigenvalue weighted by Crippen LogP contribution is 2.34. The number of nitrogens with zero attached hydrogens (tertiary/aromatic N) is 2. The van der Waals surface area contributed by atoms with Crippen LogP contribution in [0.5, 0.6) is 0 Å². The molecule has 3 saturated heterocycles. The van der Waals surface area contributed by atoms with Gasteiger partial charge in [-0.15, -0.1) is 11.3 Å². The minimum Gasteiger partial charge on any atom is -0.324 e. The van der Waals surface area contributed by atoms with E-state index in [0.29, 0.717) is 5.92 Å². The van der Waals surface area contributed by atoms with Crippen molar-refractivity contribution < 1.29 is 4.79 Å². The zero-order chi connectivity index (χ0) is 13.5. The zero-order valence-electron chi connectivity index (χ0n) is 11.2. The van der Waals surface area contributed by atoms with Gasteiger partial charge in [0.05, 0.1) is 27.3 Å². The average Bonchev–Trinajstić information content (AvgIpc) is 2.98. The molecule has 1 atom stereocenters. The van der Waals surface area contributed by atoms with Crippen LogP contribution in [-0.4, -0.2) is 35.4 Å². The van der Waals surface area contributed by atoms with E-state index in [4.69, 9.17) is 0 Å². The fourth-order valence-electron chi connectivity index (χ4n) is 3.47. The van der Waals surface area contributed by atoms with Crippen LogP contribution in [0.1, 0.15) is 12.8 Å². The average molecular weight is 287 g/mol. The summed E-state index contributed by atoms with van der Waals surface area (Å²) in [6.07, 6.45) is 2.34. The van der Waals surface area contributed by atoms with Crippen LogP contribution in [0.2, 0.25) is 0 Å². The summed E-state index contributed by atoms with van der Waals surface area (Å²) in [5.41, 5.74) is 3.70. The van der Waals surface area contributed by atoms with Crippen molar-refractivity contribution in [3.05, 3.63) is 23.7 Å². The fourth-order valence-corrected chi connectivity index (χ4v) is 4.23. The minimum absolute atomic E-state index is 0.153. The number of rotatable bonds is 2. The summed E-state index contributed by atoms with van der Waals surface area (Å²) in [6, 6.07) is 5.91. The molecule has 1 aromatic carbocycles. The molecule has 5 heteroatoms. The lowest BCUT2D eigenvalue weighted by atomic mass is 9.78. The van der Waals surface area contributed by atoms with E-state index in [-0.39, 0.29) is 11.8 Å². The summed E-state index contributed by atoms with van der Waals surface area (Å²) < 4.78 is 1.07. The second-order valence-electron chi connectivity index (χ2n) is 5.74. The van der Waals surface area contributed by atoms with Crippen LogP contribution in [0.25, 0.3) is 10.2 Å². The number of amides is 1. The van der Waals surface area contributed by atoms with Crippen molar-refractivity contribution in [1.82, 2.24) is 9.88 Å². The van der Waals surface area contributed by atoms with Gasteiger partial charge in [-0.05, 0) is 44.0 Å². The van der Waals surface area contributed by atoms with Gasteiger partial charge >= 0.3 is 0 Å². The summed E-state index contributed by atoms with van der Waals surface area (Å²) >= 11 is 1.58. The Bertz CT molecular complexity index is 645. The molecule has 104 valence electrons. The molecule has 3 fully saturated rings. The Morgan fingerprint density at radius 1 is 1.35 bits per heavy atom. The van der Waals surface area contributed by atoms with Gasteiger partial charge in [-0.25, -0.2) is 4.98 Å². The number of carbonyl (C=O) groups is 1. The van der Waals surface area contributed by atoms with Crippen LogP contribution in [0.15, 0.2) is 23.7 Å². The summed E-state index contributed by atoms with van der Waals surface area (Å²) in [5.74, 6) is 0.904. The second-order valence-corrected chi connectivity index (χ2v) is 6.59. The molecule has 2 aromatic rings. The maximum Gasteiger partial charge on any atom is 0.229 e. The quantitative estimate of drug-likeness (QED) is 0.923. The van der Waals surface area contributed by atoms with E-state index in [2.05, 4.69) is 15.2 Å². The molecule has 3 aliphatic heterocycles. The Morgan fingerprint density at radius 2 is 2.20 bits per heavy atom. The number of nitrogens with one attached hydrogen (secondary N) is 1. The predicted octanol–water partition coefficient (Wildman–Crippen LogP) is 2.58. The van der Waals surface area contributed by atoms with Crippen LogP contribution in [0.4, 0.5) is 5.69 Å². The van der Waals surface area contributed by atoms with Crippen molar-refractivity contribution in [1.29, 1.82) is 0 Å². The first-order valence-electron chi connectivity index (χ1n) is 7.17. The Balaban J connectivity index is 1.57. The van der Waals surface area contributed by atoms with Gasteiger partial charge in [0, 0.05) is 6.54 Å². The number of benzene rings is 1. The number of fused-ring (bicyclic) bond motifs is 4. The normalized spacial score (nSPS) is 28.7. The predicted molar refractivity (Wildman–Crippen MR) is 80.9 cm³/mol. The van der Waals surface area contributed by atoms with Gasteiger partial charge < -0.3 is 10.2 Å². The third kappa shape index (κ3) is 2.01. The third-order valence-corrected chi connectivity index (χ3v) is 5.48. The van der Waals surface area contributed by atoms with E-state index < -0.39 is 0 Å². The molecule has 0 spiro atoms. The Hall–Kier alpha value is -1.46. The van der Waals surface area contributed by atoms with Gasteiger partial charge in [0.1, 0.15) is 0 Å². The minimum atomic E-state index is 0.153. The first kappa shape index (κ1) is 12.3. The van der Waals surface area contributed by atoms with Crippen molar-refractivity contribution in [3.63, 3.8) is 0 Å². The molecule has 0 aliphatic carbocycles. The molecule has 4 nitrogen and oxygen atoms in total. The lowest BCUT2D eigenvalue weighted by Gasteiger charge is -2.43. The lowest BCUT2D eigenvalue weighted by Crippen LogP contribution is -2.51. The van der Waals surface area contributed by atoms with Crippen molar-refractivity contribution >= 4 is 33.1 Å². The first-order valence-corrected chi connectivity index (χ1v) is 8.04. The molecular weight excluding hydrogens is 270 g/mol. The van der Waals surface area contributed by atoms with Crippen LogP contribution < -0.4 is 5.32 Å². The van der Waals surface area contributed by atoms with Gasteiger partial charge in [-0.1, -0.05) is 6.07 Å². The summed E-state index contributed by atoms with van der Waals surface area (Å²) in [5, 5.41) is 3.13. The number of anilines is 1. The van der Waals surface area contributed by atoms with Crippen LogP contribution in [-0.2, 0) is 4.79 Å². The molecule has 20 heavy (non-hydrogen) atoms. The van der Waals surface area contributed by atoms with Gasteiger partial charge in [0.15, 0.2) is 0 Å². The lowest BCUT2D eigenvalue weighted by molar-refractivity contribution is -0.125. The molecule has 1 amide bonds. The smallest absolute Gasteiger partial charge is 0.229 e. The van der Waals surface area contributed by atoms with Crippen molar-refractivity contribution in [2.24, 2.45) is 11.8 Å². The summed E-state index contributed by atoms with van der Waals surface area (Å²) in [7, 11) is 0. The molecule has 5 rings (SSSR count). The molecule has 4 heterocycles. The van der Waals surface area contributed by atoms with E-state index in [1.54, 1.807) is 11.3 Å². The number of thiazole rings is 1. The van der Waals surface area contributed by atoms with E-state index in [0.717, 1.165) is 22.4 Å². The maximum atomic E-state index is 12.6. The standard InChI is InChI=1S/C15H17N3OS/c19-15(11-8-18-6-4-10(11)5-7-18)17-13-3-1-2-12-14(13)20-9-16-12/h1-3,9-11H,4-8H2,(H,17,19)/t11-/m0/s1. The highest BCUT2D eigenvalue weighted by Gasteiger charge is 2.38. The van der Waals surface area contributed by atoms with Crippen LogP contribution in [0.3, 0.4) is 0 Å². The number of hydrogen-bond acceptors (Lipinski definition) is 4. The Labute approximate surface area is 121 Å². The Kier molecular flexibility index (Phi) is 2.97.